The van der Waals surface area contributed by atoms with Gasteiger partial charge in [-0.25, -0.2) is 17.6 Å². The van der Waals surface area contributed by atoms with Gasteiger partial charge in [0.1, 0.15) is 0 Å². The Bertz CT molecular complexity index is 1150. The molecule has 0 aromatic heterocycles. The topological polar surface area (TPSA) is 0 Å². The molecule has 0 aliphatic heterocycles. The first-order valence-corrected chi connectivity index (χ1v) is 16.2. The molecule has 4 heteroatoms. The third-order valence-corrected chi connectivity index (χ3v) is 9.35. The average Bonchev–Trinajstić information content (AvgIpc) is 2.99. The van der Waals surface area contributed by atoms with Crippen molar-refractivity contribution in [1.82, 2.24) is 0 Å². The van der Waals surface area contributed by atoms with Crippen molar-refractivity contribution in [3.8, 4) is 11.1 Å². The van der Waals surface area contributed by atoms with Crippen LogP contribution in [-0.2, 0) is 6.42 Å². The summed E-state index contributed by atoms with van der Waals surface area (Å²) in [6, 6.07) is 9.97. The van der Waals surface area contributed by atoms with Crippen LogP contribution < -0.4 is 0 Å². The lowest BCUT2D eigenvalue weighted by atomic mass is 9.73. The van der Waals surface area contributed by atoms with Crippen molar-refractivity contribution < 1.29 is 17.6 Å². The van der Waals surface area contributed by atoms with E-state index in [1.807, 2.05) is 0 Å². The van der Waals surface area contributed by atoms with Crippen molar-refractivity contribution in [3.05, 3.63) is 76.9 Å². The number of alkyl halides is 2. The Morgan fingerprint density at radius 2 is 1.27 bits per heavy atom. The molecule has 1 fully saturated rings. The SMILES string of the molecule is CCCCCCCC1CCC(C2=CC=C(c3ccc(-c4ccc(CCCCCC)c(F)c4F)cc3)C(F)C2F)CC1. The molecule has 2 aliphatic rings. The largest absolute Gasteiger partial charge is 0.239 e. The van der Waals surface area contributed by atoms with Crippen molar-refractivity contribution in [2.75, 3.05) is 0 Å². The lowest BCUT2D eigenvalue weighted by Crippen LogP contribution is -2.29. The van der Waals surface area contributed by atoms with Crippen molar-refractivity contribution in [2.24, 2.45) is 11.8 Å². The van der Waals surface area contributed by atoms with Gasteiger partial charge in [-0.3, -0.25) is 0 Å². The lowest BCUT2D eigenvalue weighted by molar-refractivity contribution is 0.204. The van der Waals surface area contributed by atoms with Gasteiger partial charge in [0.15, 0.2) is 24.0 Å². The zero-order valence-corrected chi connectivity index (χ0v) is 25.0. The van der Waals surface area contributed by atoms with E-state index in [1.54, 1.807) is 48.6 Å². The molecule has 2 aromatic carbocycles. The molecule has 0 heterocycles. The Hall–Kier alpha value is -2.36. The maximum Gasteiger partial charge on any atom is 0.166 e. The molecule has 0 amide bonds. The summed E-state index contributed by atoms with van der Waals surface area (Å²) in [6.45, 7) is 4.35. The first-order valence-electron chi connectivity index (χ1n) is 16.2. The monoisotopic (exact) mass is 568 g/mol. The van der Waals surface area contributed by atoms with E-state index in [4.69, 9.17) is 0 Å². The van der Waals surface area contributed by atoms with Crippen LogP contribution >= 0.6 is 0 Å². The highest BCUT2D eigenvalue weighted by Crippen LogP contribution is 2.42. The van der Waals surface area contributed by atoms with Crippen molar-refractivity contribution in [2.45, 2.75) is 123 Å². The number of aryl methyl sites for hydroxylation is 1. The maximum atomic E-state index is 15.4. The van der Waals surface area contributed by atoms with Gasteiger partial charge in [0, 0.05) is 5.56 Å². The molecule has 0 radical (unpaired) electrons. The molecular formula is C37H48F4. The Kier molecular flexibility index (Phi) is 12.1. The summed E-state index contributed by atoms with van der Waals surface area (Å²) in [4.78, 5) is 0. The van der Waals surface area contributed by atoms with E-state index >= 15 is 8.78 Å². The van der Waals surface area contributed by atoms with Gasteiger partial charge in [0.05, 0.1) is 0 Å². The van der Waals surface area contributed by atoms with E-state index in [-0.39, 0.29) is 11.5 Å². The number of allylic oxidation sites excluding steroid dienone is 4. The molecule has 0 saturated heterocycles. The molecule has 4 rings (SSSR count). The first kappa shape index (κ1) is 31.6. The molecule has 2 unspecified atom stereocenters. The summed E-state index contributed by atoms with van der Waals surface area (Å²) in [7, 11) is 0. The Balaban J connectivity index is 1.38. The third kappa shape index (κ3) is 8.14. The molecule has 224 valence electrons. The van der Waals surface area contributed by atoms with E-state index in [2.05, 4.69) is 13.8 Å². The van der Waals surface area contributed by atoms with Crippen LogP contribution in [0.4, 0.5) is 17.6 Å². The van der Waals surface area contributed by atoms with E-state index in [9.17, 15) is 8.78 Å². The van der Waals surface area contributed by atoms with Crippen LogP contribution in [0.3, 0.4) is 0 Å². The van der Waals surface area contributed by atoms with Gasteiger partial charge >= 0.3 is 0 Å². The quantitative estimate of drug-likeness (QED) is 0.157. The van der Waals surface area contributed by atoms with Crippen LogP contribution in [0.25, 0.3) is 16.7 Å². The predicted molar refractivity (Wildman–Crippen MR) is 164 cm³/mol. The zero-order valence-electron chi connectivity index (χ0n) is 25.0. The second-order valence-electron chi connectivity index (χ2n) is 12.3. The number of hydrogen-bond acceptors (Lipinski definition) is 0. The normalized spacial score (nSPS) is 22.9. The minimum atomic E-state index is -1.72. The maximum absolute atomic E-state index is 15.4. The first-order chi connectivity index (χ1) is 19.9. The number of unbranched alkanes of at least 4 members (excludes halogenated alkanes) is 7. The number of hydrogen-bond donors (Lipinski definition) is 0. The minimum Gasteiger partial charge on any atom is -0.239 e. The van der Waals surface area contributed by atoms with Gasteiger partial charge in [-0.1, -0.05) is 120 Å². The summed E-state index contributed by atoms with van der Waals surface area (Å²) in [5.74, 6) is -0.803. The fourth-order valence-corrected chi connectivity index (χ4v) is 6.72. The van der Waals surface area contributed by atoms with Gasteiger partial charge in [0.25, 0.3) is 0 Å². The van der Waals surface area contributed by atoms with Crippen LogP contribution in [0.15, 0.2) is 54.1 Å². The molecular weight excluding hydrogens is 520 g/mol. The van der Waals surface area contributed by atoms with E-state index in [0.717, 1.165) is 57.3 Å². The molecule has 0 N–H and O–H groups in total. The summed E-state index contributed by atoms with van der Waals surface area (Å²) in [6.07, 6.45) is 16.5. The second kappa shape index (κ2) is 15.8. The summed E-state index contributed by atoms with van der Waals surface area (Å²) in [5, 5.41) is 0. The lowest BCUT2D eigenvalue weighted by Gasteiger charge is -2.34. The predicted octanol–water partition coefficient (Wildman–Crippen LogP) is 11.9. The summed E-state index contributed by atoms with van der Waals surface area (Å²) in [5.41, 5.74) is 2.58. The minimum absolute atomic E-state index is 0.118. The number of rotatable bonds is 14. The fraction of sp³-hybridized carbons (Fsp3) is 0.568. The standard InChI is InChI=1S/C37H48F4/c1-3-5-7-9-10-12-26-14-16-27(17-15-26)32-24-25-33(37(41)36(32)40)29-20-18-28(19-21-29)31-23-22-30(34(38)35(31)39)13-11-8-6-4-2/h18-27,36-37H,3-17H2,1-2H3. The van der Waals surface area contributed by atoms with Gasteiger partial charge in [-0.15, -0.1) is 0 Å². The highest BCUT2D eigenvalue weighted by molar-refractivity contribution is 5.75. The number of halogens is 4. The van der Waals surface area contributed by atoms with Gasteiger partial charge in [-0.2, -0.15) is 0 Å². The Labute approximate surface area is 245 Å². The van der Waals surface area contributed by atoms with Gasteiger partial charge < -0.3 is 0 Å². The average molecular weight is 569 g/mol. The molecule has 2 aliphatic carbocycles. The highest BCUT2D eigenvalue weighted by atomic mass is 19.2. The van der Waals surface area contributed by atoms with E-state index in [0.29, 0.717) is 34.3 Å². The Morgan fingerprint density at radius 3 is 1.95 bits per heavy atom. The van der Waals surface area contributed by atoms with Crippen LogP contribution in [0, 0.1) is 23.5 Å². The van der Waals surface area contributed by atoms with Crippen molar-refractivity contribution >= 4 is 5.57 Å². The second-order valence-corrected chi connectivity index (χ2v) is 12.3. The molecule has 2 atom stereocenters. The van der Waals surface area contributed by atoms with E-state index < -0.39 is 24.0 Å². The van der Waals surface area contributed by atoms with Crippen molar-refractivity contribution in [3.63, 3.8) is 0 Å². The highest BCUT2D eigenvalue weighted by Gasteiger charge is 2.36. The van der Waals surface area contributed by atoms with Crippen LogP contribution in [-0.4, -0.2) is 12.3 Å². The molecule has 0 bridgehead atoms. The molecule has 2 aromatic rings. The summed E-state index contributed by atoms with van der Waals surface area (Å²) < 4.78 is 60.5. The fourth-order valence-electron chi connectivity index (χ4n) is 6.72. The van der Waals surface area contributed by atoms with Crippen LogP contribution in [0.5, 0.6) is 0 Å². The number of benzene rings is 2. The zero-order chi connectivity index (χ0) is 29.2. The molecule has 0 spiro atoms. The Morgan fingerprint density at radius 1 is 0.634 bits per heavy atom. The van der Waals surface area contributed by atoms with Crippen molar-refractivity contribution in [1.29, 1.82) is 0 Å². The summed E-state index contributed by atoms with van der Waals surface area (Å²) >= 11 is 0. The molecule has 41 heavy (non-hydrogen) atoms. The smallest absolute Gasteiger partial charge is 0.166 e. The van der Waals surface area contributed by atoms with Crippen LogP contribution in [0.2, 0.25) is 0 Å². The van der Waals surface area contributed by atoms with Gasteiger partial charge in [-0.05, 0) is 78.2 Å². The van der Waals surface area contributed by atoms with Crippen LogP contribution in [0.1, 0.15) is 115 Å². The third-order valence-electron chi connectivity index (χ3n) is 9.35. The molecule has 0 nitrogen and oxygen atoms in total. The van der Waals surface area contributed by atoms with E-state index in [1.165, 1.54) is 38.5 Å². The molecule has 1 saturated carbocycles. The van der Waals surface area contributed by atoms with Gasteiger partial charge in [0.2, 0.25) is 0 Å².